The lowest BCUT2D eigenvalue weighted by Crippen LogP contribution is -2.26. The first kappa shape index (κ1) is 16.3. The SMILES string of the molecule is COc1cc(CC(N)CO)ccc1OCc1ccc(F)cc1. The van der Waals surface area contributed by atoms with E-state index in [0.29, 0.717) is 24.5 Å². The highest BCUT2D eigenvalue weighted by Crippen LogP contribution is 2.29. The summed E-state index contributed by atoms with van der Waals surface area (Å²) in [6, 6.07) is 11.4. The molecule has 2 aromatic carbocycles. The number of benzene rings is 2. The van der Waals surface area contributed by atoms with Gasteiger partial charge in [0.25, 0.3) is 0 Å². The van der Waals surface area contributed by atoms with Crippen molar-refractivity contribution in [3.05, 3.63) is 59.4 Å². The maximum atomic E-state index is 12.9. The highest BCUT2D eigenvalue weighted by molar-refractivity contribution is 5.43. The van der Waals surface area contributed by atoms with Crippen LogP contribution in [0.15, 0.2) is 42.5 Å². The average Bonchev–Trinajstić information content (AvgIpc) is 2.54. The molecule has 0 aliphatic heterocycles. The Labute approximate surface area is 129 Å². The zero-order chi connectivity index (χ0) is 15.9. The third-order valence-corrected chi connectivity index (χ3v) is 3.27. The van der Waals surface area contributed by atoms with E-state index in [2.05, 4.69) is 0 Å². The van der Waals surface area contributed by atoms with Crippen LogP contribution in [0.2, 0.25) is 0 Å². The molecule has 0 amide bonds. The molecule has 2 aromatic rings. The third-order valence-electron chi connectivity index (χ3n) is 3.27. The van der Waals surface area contributed by atoms with Crippen molar-refractivity contribution in [2.75, 3.05) is 13.7 Å². The lowest BCUT2D eigenvalue weighted by Gasteiger charge is -2.14. The van der Waals surface area contributed by atoms with Gasteiger partial charge in [-0.2, -0.15) is 0 Å². The molecule has 0 saturated carbocycles. The molecule has 0 radical (unpaired) electrons. The molecule has 5 heteroatoms. The maximum absolute atomic E-state index is 12.9. The number of ether oxygens (including phenoxy) is 2. The van der Waals surface area contributed by atoms with Crippen LogP contribution in [0, 0.1) is 5.82 Å². The van der Waals surface area contributed by atoms with Crippen molar-refractivity contribution in [3.63, 3.8) is 0 Å². The van der Waals surface area contributed by atoms with Crippen molar-refractivity contribution >= 4 is 0 Å². The molecule has 3 N–H and O–H groups in total. The summed E-state index contributed by atoms with van der Waals surface area (Å²) in [6.07, 6.45) is 0.561. The molecule has 118 valence electrons. The fraction of sp³-hybridized carbons (Fsp3) is 0.294. The van der Waals surface area contributed by atoms with E-state index in [4.69, 9.17) is 20.3 Å². The summed E-state index contributed by atoms with van der Waals surface area (Å²) in [7, 11) is 1.57. The molecule has 22 heavy (non-hydrogen) atoms. The van der Waals surface area contributed by atoms with Gasteiger partial charge in [0.2, 0.25) is 0 Å². The predicted molar refractivity (Wildman–Crippen MR) is 82.5 cm³/mol. The fourth-order valence-electron chi connectivity index (χ4n) is 2.07. The Morgan fingerprint density at radius 2 is 1.77 bits per heavy atom. The van der Waals surface area contributed by atoms with Crippen molar-refractivity contribution < 1.29 is 19.0 Å². The van der Waals surface area contributed by atoms with Gasteiger partial charge in [-0.3, -0.25) is 0 Å². The van der Waals surface area contributed by atoms with Crippen molar-refractivity contribution in [1.29, 1.82) is 0 Å². The van der Waals surface area contributed by atoms with E-state index in [0.717, 1.165) is 11.1 Å². The van der Waals surface area contributed by atoms with Crippen LogP contribution in [0.25, 0.3) is 0 Å². The lowest BCUT2D eigenvalue weighted by atomic mass is 10.1. The Balaban J connectivity index is 2.05. The van der Waals surface area contributed by atoms with E-state index in [-0.39, 0.29) is 18.5 Å². The summed E-state index contributed by atoms with van der Waals surface area (Å²) in [5.41, 5.74) is 7.56. The Bertz CT molecular complexity index is 601. The summed E-state index contributed by atoms with van der Waals surface area (Å²) in [4.78, 5) is 0. The first-order chi connectivity index (χ1) is 10.6. The van der Waals surface area contributed by atoms with Gasteiger partial charge in [0, 0.05) is 6.04 Å². The second kappa shape index (κ2) is 7.77. The first-order valence-electron chi connectivity index (χ1n) is 7.03. The normalized spacial score (nSPS) is 12.0. The van der Waals surface area contributed by atoms with Crippen LogP contribution in [0.5, 0.6) is 11.5 Å². The Morgan fingerprint density at radius 3 is 2.41 bits per heavy atom. The molecular weight excluding hydrogens is 285 g/mol. The quantitative estimate of drug-likeness (QED) is 0.823. The van der Waals surface area contributed by atoms with Crippen molar-refractivity contribution in [1.82, 2.24) is 0 Å². The monoisotopic (exact) mass is 305 g/mol. The smallest absolute Gasteiger partial charge is 0.161 e. The van der Waals surface area contributed by atoms with E-state index in [1.54, 1.807) is 19.2 Å². The topological polar surface area (TPSA) is 64.7 Å². The summed E-state index contributed by atoms with van der Waals surface area (Å²) < 4.78 is 23.9. The molecule has 0 fully saturated rings. The summed E-state index contributed by atoms with van der Waals surface area (Å²) in [5.74, 6) is 0.934. The number of methoxy groups -OCH3 is 1. The van der Waals surface area contributed by atoms with Gasteiger partial charge < -0.3 is 20.3 Å². The number of rotatable bonds is 7. The van der Waals surface area contributed by atoms with Gasteiger partial charge in [-0.25, -0.2) is 4.39 Å². The molecule has 1 unspecified atom stereocenters. The van der Waals surface area contributed by atoms with Crippen molar-refractivity contribution in [3.8, 4) is 11.5 Å². The minimum Gasteiger partial charge on any atom is -0.493 e. The van der Waals surface area contributed by atoms with Gasteiger partial charge in [-0.1, -0.05) is 18.2 Å². The van der Waals surface area contributed by atoms with Gasteiger partial charge in [0.05, 0.1) is 13.7 Å². The highest BCUT2D eigenvalue weighted by Gasteiger charge is 2.09. The van der Waals surface area contributed by atoms with Crippen molar-refractivity contribution in [2.24, 2.45) is 5.73 Å². The van der Waals surface area contributed by atoms with Crippen LogP contribution in [-0.4, -0.2) is 24.9 Å². The second-order valence-corrected chi connectivity index (χ2v) is 5.05. The number of aliphatic hydroxyl groups excluding tert-OH is 1. The number of nitrogens with two attached hydrogens (primary N) is 1. The van der Waals surface area contributed by atoms with Crippen LogP contribution in [0.1, 0.15) is 11.1 Å². The molecule has 0 saturated heterocycles. The molecule has 0 aromatic heterocycles. The Morgan fingerprint density at radius 1 is 1.09 bits per heavy atom. The lowest BCUT2D eigenvalue weighted by molar-refractivity contribution is 0.265. The minimum atomic E-state index is -0.296. The molecule has 0 aliphatic carbocycles. The number of halogens is 1. The largest absolute Gasteiger partial charge is 0.493 e. The number of hydrogen-bond donors (Lipinski definition) is 2. The molecule has 0 bridgehead atoms. The van der Waals surface area contributed by atoms with E-state index in [1.165, 1.54) is 12.1 Å². The highest BCUT2D eigenvalue weighted by atomic mass is 19.1. The van der Waals surface area contributed by atoms with E-state index >= 15 is 0 Å². The zero-order valence-electron chi connectivity index (χ0n) is 12.5. The van der Waals surface area contributed by atoms with Gasteiger partial charge >= 0.3 is 0 Å². The van der Waals surface area contributed by atoms with Crippen LogP contribution in [0.3, 0.4) is 0 Å². The summed E-state index contributed by atoms with van der Waals surface area (Å²) >= 11 is 0. The van der Waals surface area contributed by atoms with Gasteiger partial charge in [-0.15, -0.1) is 0 Å². The Hall–Kier alpha value is -2.11. The van der Waals surface area contributed by atoms with Crippen molar-refractivity contribution in [2.45, 2.75) is 19.1 Å². The molecule has 0 heterocycles. The predicted octanol–water partition coefficient (Wildman–Crippen LogP) is 2.28. The molecule has 1 atom stereocenters. The minimum absolute atomic E-state index is 0.0644. The fourth-order valence-corrected chi connectivity index (χ4v) is 2.07. The molecule has 0 spiro atoms. The standard InChI is InChI=1S/C17H20FNO3/c1-21-17-9-13(8-15(19)10-20)4-7-16(17)22-11-12-2-5-14(18)6-3-12/h2-7,9,15,20H,8,10-11,19H2,1H3. The molecule has 2 rings (SSSR count). The molecule has 4 nitrogen and oxygen atoms in total. The first-order valence-corrected chi connectivity index (χ1v) is 7.03. The maximum Gasteiger partial charge on any atom is 0.161 e. The van der Waals surface area contributed by atoms with E-state index < -0.39 is 0 Å². The van der Waals surface area contributed by atoms with Crippen LogP contribution >= 0.6 is 0 Å². The molecular formula is C17H20FNO3. The van der Waals surface area contributed by atoms with Crippen LogP contribution in [-0.2, 0) is 13.0 Å². The van der Waals surface area contributed by atoms with Gasteiger partial charge in [0.15, 0.2) is 11.5 Å². The van der Waals surface area contributed by atoms with Gasteiger partial charge in [-0.05, 0) is 41.8 Å². The summed E-state index contributed by atoms with van der Waals surface area (Å²) in [6.45, 7) is 0.261. The number of aliphatic hydroxyl groups is 1. The van der Waals surface area contributed by atoms with E-state index in [1.807, 2.05) is 18.2 Å². The van der Waals surface area contributed by atoms with E-state index in [9.17, 15) is 4.39 Å². The zero-order valence-corrected chi connectivity index (χ0v) is 12.5. The molecule has 0 aliphatic rings. The summed E-state index contributed by atoms with van der Waals surface area (Å²) in [5, 5.41) is 9.00. The van der Waals surface area contributed by atoms with Crippen LogP contribution in [0.4, 0.5) is 4.39 Å². The Kier molecular flexibility index (Phi) is 5.75. The number of hydrogen-bond acceptors (Lipinski definition) is 4. The third kappa shape index (κ3) is 4.44. The average molecular weight is 305 g/mol. The second-order valence-electron chi connectivity index (χ2n) is 5.05. The van der Waals surface area contributed by atoms with Gasteiger partial charge in [0.1, 0.15) is 12.4 Å². The van der Waals surface area contributed by atoms with Crippen LogP contribution < -0.4 is 15.2 Å².